The van der Waals surface area contributed by atoms with Crippen LogP contribution in [0.4, 0.5) is 0 Å². The first-order chi connectivity index (χ1) is 9.03. The van der Waals surface area contributed by atoms with Crippen molar-refractivity contribution in [1.82, 2.24) is 10.3 Å². The number of alkyl halides is 1. The number of nitrogens with zero attached hydrogens (tertiary/aromatic N) is 1. The average molecular weight is 321 g/mol. The van der Waals surface area contributed by atoms with Crippen molar-refractivity contribution in [3.8, 4) is 0 Å². The number of aromatic nitrogens is 1. The van der Waals surface area contributed by atoms with Crippen molar-refractivity contribution in [2.24, 2.45) is 5.41 Å². The molecule has 0 spiro atoms. The van der Waals surface area contributed by atoms with Gasteiger partial charge in [0.05, 0.1) is 11.1 Å². The molecule has 1 aromatic carbocycles. The van der Waals surface area contributed by atoms with E-state index in [0.717, 1.165) is 16.2 Å². The Balaban J connectivity index is 2.23. The Morgan fingerprint density at radius 1 is 1.32 bits per heavy atom. The number of benzene rings is 1. The molecule has 1 amide bonds. The maximum Gasteiger partial charge on any atom is 0.253 e. The number of fused-ring (bicyclic) bond motifs is 1. The Labute approximate surface area is 121 Å². The molecule has 2 aromatic rings. The van der Waals surface area contributed by atoms with Crippen LogP contribution in [-0.2, 0) is 0 Å². The standard InChI is InChI=1S/C15H17BrN2O/c1-15(2,9-16)10-18-14(19)12-7-3-5-11-6-4-8-17-13(11)12/h3-8H,9-10H2,1-2H3,(H,18,19). The van der Waals surface area contributed by atoms with Crippen LogP contribution in [0.2, 0.25) is 0 Å². The average Bonchev–Trinajstić information content (AvgIpc) is 2.44. The van der Waals surface area contributed by atoms with Gasteiger partial charge in [0, 0.05) is 23.5 Å². The van der Waals surface area contributed by atoms with Crippen LogP contribution in [0.3, 0.4) is 0 Å². The molecule has 3 nitrogen and oxygen atoms in total. The molecule has 4 heteroatoms. The van der Waals surface area contributed by atoms with E-state index in [1.54, 1.807) is 6.20 Å². The topological polar surface area (TPSA) is 42.0 Å². The van der Waals surface area contributed by atoms with Crippen LogP contribution >= 0.6 is 15.9 Å². The molecular weight excluding hydrogens is 304 g/mol. The SMILES string of the molecule is CC(C)(CBr)CNC(=O)c1cccc2cccnc12. The number of carbonyl (C=O) groups excluding carboxylic acids is 1. The number of rotatable bonds is 4. The van der Waals surface area contributed by atoms with Gasteiger partial charge in [-0.2, -0.15) is 0 Å². The van der Waals surface area contributed by atoms with Crippen LogP contribution in [0.1, 0.15) is 24.2 Å². The highest BCUT2D eigenvalue weighted by molar-refractivity contribution is 9.09. The third-order valence-electron chi connectivity index (χ3n) is 2.97. The van der Waals surface area contributed by atoms with Gasteiger partial charge in [0.2, 0.25) is 0 Å². The summed E-state index contributed by atoms with van der Waals surface area (Å²) in [6, 6.07) is 9.49. The lowest BCUT2D eigenvalue weighted by Gasteiger charge is -2.22. The van der Waals surface area contributed by atoms with E-state index in [4.69, 9.17) is 0 Å². The summed E-state index contributed by atoms with van der Waals surface area (Å²) >= 11 is 3.45. The Bertz CT molecular complexity index is 590. The summed E-state index contributed by atoms with van der Waals surface area (Å²) in [5, 5.41) is 4.80. The fourth-order valence-electron chi connectivity index (χ4n) is 1.75. The zero-order chi connectivity index (χ0) is 13.9. The Morgan fingerprint density at radius 3 is 2.79 bits per heavy atom. The first-order valence-corrected chi connectivity index (χ1v) is 7.33. The van der Waals surface area contributed by atoms with Crippen molar-refractivity contribution in [3.05, 3.63) is 42.1 Å². The van der Waals surface area contributed by atoms with Crippen LogP contribution < -0.4 is 5.32 Å². The van der Waals surface area contributed by atoms with Crippen molar-refractivity contribution < 1.29 is 4.79 Å². The van der Waals surface area contributed by atoms with Gasteiger partial charge in [-0.05, 0) is 17.5 Å². The number of pyridine rings is 1. The van der Waals surface area contributed by atoms with Gasteiger partial charge in [-0.1, -0.05) is 48.0 Å². The normalized spacial score (nSPS) is 11.5. The van der Waals surface area contributed by atoms with E-state index in [0.29, 0.717) is 12.1 Å². The minimum atomic E-state index is -0.0710. The fourth-order valence-corrected chi connectivity index (χ4v) is 1.95. The van der Waals surface area contributed by atoms with Gasteiger partial charge in [-0.25, -0.2) is 0 Å². The van der Waals surface area contributed by atoms with Gasteiger partial charge in [-0.3, -0.25) is 9.78 Å². The molecule has 0 saturated carbocycles. The smallest absolute Gasteiger partial charge is 0.253 e. The third-order valence-corrected chi connectivity index (χ3v) is 4.48. The van der Waals surface area contributed by atoms with Gasteiger partial charge < -0.3 is 5.32 Å². The molecule has 0 fully saturated rings. The first-order valence-electron chi connectivity index (χ1n) is 6.21. The monoisotopic (exact) mass is 320 g/mol. The summed E-state index contributed by atoms with van der Waals surface area (Å²) in [4.78, 5) is 16.6. The molecule has 0 aliphatic heterocycles. The summed E-state index contributed by atoms with van der Waals surface area (Å²) in [7, 11) is 0. The lowest BCUT2D eigenvalue weighted by atomic mass is 9.96. The van der Waals surface area contributed by atoms with Crippen molar-refractivity contribution in [2.45, 2.75) is 13.8 Å². The summed E-state index contributed by atoms with van der Waals surface area (Å²) in [6.45, 7) is 4.83. The summed E-state index contributed by atoms with van der Waals surface area (Å²) in [5.41, 5.74) is 1.41. The van der Waals surface area contributed by atoms with E-state index in [1.807, 2.05) is 30.3 Å². The molecule has 0 radical (unpaired) electrons. The molecule has 0 saturated heterocycles. The predicted octanol–water partition coefficient (Wildman–Crippen LogP) is 3.39. The van der Waals surface area contributed by atoms with Crippen molar-refractivity contribution in [1.29, 1.82) is 0 Å². The lowest BCUT2D eigenvalue weighted by molar-refractivity contribution is 0.0941. The number of amides is 1. The van der Waals surface area contributed by atoms with Gasteiger partial charge in [-0.15, -0.1) is 0 Å². The van der Waals surface area contributed by atoms with Crippen molar-refractivity contribution in [3.63, 3.8) is 0 Å². The second-order valence-corrected chi connectivity index (χ2v) is 5.92. The highest BCUT2D eigenvalue weighted by Crippen LogP contribution is 2.18. The van der Waals surface area contributed by atoms with Crippen LogP contribution in [0.5, 0.6) is 0 Å². The molecule has 0 aliphatic rings. The number of carbonyl (C=O) groups is 1. The molecule has 1 aromatic heterocycles. The van der Waals surface area contributed by atoms with E-state index in [1.165, 1.54) is 0 Å². The van der Waals surface area contributed by atoms with E-state index >= 15 is 0 Å². The van der Waals surface area contributed by atoms with E-state index in [9.17, 15) is 4.79 Å². The predicted molar refractivity (Wildman–Crippen MR) is 81.7 cm³/mol. The Morgan fingerprint density at radius 2 is 2.05 bits per heavy atom. The molecule has 19 heavy (non-hydrogen) atoms. The number of nitrogens with one attached hydrogen (secondary N) is 1. The number of hydrogen-bond acceptors (Lipinski definition) is 2. The van der Waals surface area contributed by atoms with Gasteiger partial charge in [0.15, 0.2) is 0 Å². The molecule has 100 valence electrons. The van der Waals surface area contributed by atoms with Crippen LogP contribution in [0.15, 0.2) is 36.5 Å². The highest BCUT2D eigenvalue weighted by atomic mass is 79.9. The number of halogens is 1. The number of para-hydroxylation sites is 1. The molecule has 0 atom stereocenters. The van der Waals surface area contributed by atoms with Crippen LogP contribution in [0.25, 0.3) is 10.9 Å². The van der Waals surface area contributed by atoms with E-state index in [2.05, 4.69) is 40.1 Å². The summed E-state index contributed by atoms with van der Waals surface area (Å²) in [5.74, 6) is -0.0710. The fraction of sp³-hybridized carbons (Fsp3) is 0.333. The molecule has 1 N–H and O–H groups in total. The zero-order valence-corrected chi connectivity index (χ0v) is 12.7. The molecule has 0 aliphatic carbocycles. The molecular formula is C15H17BrN2O. The summed E-state index contributed by atoms with van der Waals surface area (Å²) < 4.78 is 0. The second-order valence-electron chi connectivity index (χ2n) is 5.36. The molecule has 0 unspecified atom stereocenters. The van der Waals surface area contributed by atoms with E-state index in [-0.39, 0.29) is 11.3 Å². The van der Waals surface area contributed by atoms with Crippen LogP contribution in [0, 0.1) is 5.41 Å². The Hall–Kier alpha value is -1.42. The third kappa shape index (κ3) is 3.32. The largest absolute Gasteiger partial charge is 0.351 e. The maximum absolute atomic E-state index is 12.3. The number of hydrogen-bond donors (Lipinski definition) is 1. The summed E-state index contributed by atoms with van der Waals surface area (Å²) in [6.07, 6.45) is 1.71. The molecule has 2 rings (SSSR count). The minimum Gasteiger partial charge on any atom is -0.351 e. The molecule has 1 heterocycles. The van der Waals surface area contributed by atoms with Gasteiger partial charge in [0.1, 0.15) is 0 Å². The first kappa shape index (κ1) is 14.0. The highest BCUT2D eigenvalue weighted by Gasteiger charge is 2.18. The van der Waals surface area contributed by atoms with Crippen LogP contribution in [-0.4, -0.2) is 22.8 Å². The lowest BCUT2D eigenvalue weighted by Crippen LogP contribution is -2.35. The minimum absolute atomic E-state index is 0.0354. The maximum atomic E-state index is 12.3. The molecule has 0 bridgehead atoms. The van der Waals surface area contributed by atoms with Crippen molar-refractivity contribution in [2.75, 3.05) is 11.9 Å². The zero-order valence-electron chi connectivity index (χ0n) is 11.1. The second kappa shape index (κ2) is 5.70. The Kier molecular flexibility index (Phi) is 4.20. The van der Waals surface area contributed by atoms with E-state index < -0.39 is 0 Å². The quantitative estimate of drug-likeness (QED) is 0.877. The van der Waals surface area contributed by atoms with Gasteiger partial charge >= 0.3 is 0 Å². The van der Waals surface area contributed by atoms with Gasteiger partial charge in [0.25, 0.3) is 5.91 Å². The van der Waals surface area contributed by atoms with Crippen molar-refractivity contribution >= 4 is 32.7 Å².